The Morgan fingerprint density at radius 1 is 0.708 bits per heavy atom. The number of halogens is 2. The molecule has 2 heterocycles. The highest BCUT2D eigenvalue weighted by atomic mass is 35.5. The van der Waals surface area contributed by atoms with E-state index < -0.39 is 0 Å². The quantitative estimate of drug-likeness (QED) is 0.388. The molecule has 0 bridgehead atoms. The fourth-order valence-corrected chi connectivity index (χ4v) is 3.25. The molecule has 0 aliphatic carbocycles. The van der Waals surface area contributed by atoms with Crippen LogP contribution in [0.4, 0.5) is 11.4 Å². The predicted octanol–water partition coefficient (Wildman–Crippen LogP) is 5.11. The topological polar surface area (TPSA) is 43.2 Å². The van der Waals surface area contributed by atoms with E-state index in [1.54, 1.807) is 18.2 Å². The molecule has 2 aliphatic heterocycles. The van der Waals surface area contributed by atoms with Gasteiger partial charge >= 0.3 is 0 Å². The molecule has 3 aromatic carbocycles. The summed E-state index contributed by atoms with van der Waals surface area (Å²) in [4.78, 5) is 9.19. The third-order valence-electron chi connectivity index (χ3n) is 3.81. The standard InChI is InChI=1S/C18H8Cl2N2O2/c19-9-5-10(20)18-17(6-9)24-16-7-12-15(8-13(16)22-18)23-14-4-2-1-3-11(14)21-12/h1-8H. The second-order valence-corrected chi connectivity index (χ2v) is 6.26. The van der Waals surface area contributed by atoms with Crippen LogP contribution in [-0.2, 0) is 0 Å². The molecule has 24 heavy (non-hydrogen) atoms. The normalized spacial score (nSPS) is 13.1. The second kappa shape index (κ2) is 4.97. The molecule has 0 unspecified atom stereocenters. The smallest absolute Gasteiger partial charge is 0.156 e. The zero-order chi connectivity index (χ0) is 16.3. The number of fused-ring (bicyclic) bond motifs is 4. The average molecular weight is 355 g/mol. The Hall–Kier alpha value is -2.56. The monoisotopic (exact) mass is 354 g/mol. The van der Waals surface area contributed by atoms with E-state index in [0.29, 0.717) is 49.4 Å². The van der Waals surface area contributed by atoms with Crippen molar-refractivity contribution in [1.82, 2.24) is 0 Å². The average Bonchev–Trinajstić information content (AvgIpc) is 2.56. The summed E-state index contributed by atoms with van der Waals surface area (Å²) in [6, 6.07) is 14.5. The predicted molar refractivity (Wildman–Crippen MR) is 91.1 cm³/mol. The molecule has 0 atom stereocenters. The van der Waals surface area contributed by atoms with Gasteiger partial charge in [-0.15, -0.1) is 0 Å². The summed E-state index contributed by atoms with van der Waals surface area (Å²) in [5.74, 6) is 2.46. The van der Waals surface area contributed by atoms with Gasteiger partial charge in [-0.05, 0) is 18.2 Å². The van der Waals surface area contributed by atoms with Crippen molar-refractivity contribution in [3.05, 3.63) is 69.3 Å². The van der Waals surface area contributed by atoms with Gasteiger partial charge in [0.05, 0.1) is 5.02 Å². The lowest BCUT2D eigenvalue weighted by molar-refractivity contribution is 0.451. The fraction of sp³-hybridized carbons (Fsp3) is 0. The van der Waals surface area contributed by atoms with Crippen LogP contribution in [0.15, 0.2) is 58.5 Å². The van der Waals surface area contributed by atoms with E-state index in [4.69, 9.17) is 32.7 Å². The Balaban J connectivity index is 1.75. The number of rotatable bonds is 0. The van der Waals surface area contributed by atoms with Crippen LogP contribution in [0.2, 0.25) is 10.0 Å². The van der Waals surface area contributed by atoms with Crippen LogP contribution in [0.1, 0.15) is 0 Å². The molecule has 0 amide bonds. The Kier molecular flexibility index (Phi) is 2.86. The number of benzene rings is 3. The number of nitrogens with zero attached hydrogens (tertiary/aromatic N) is 2. The number of hydrogen-bond acceptors (Lipinski definition) is 4. The summed E-state index contributed by atoms with van der Waals surface area (Å²) in [6.45, 7) is 0. The molecule has 3 aromatic rings. The SMILES string of the molecule is Clc1cc(Cl)c2c(c1)Oc1cc3c(cc1=N2)Oc1ccccc1N=3. The van der Waals surface area contributed by atoms with Crippen LogP contribution < -0.4 is 20.2 Å². The molecule has 0 N–H and O–H groups in total. The third kappa shape index (κ3) is 2.08. The molecule has 5 rings (SSSR count). The minimum Gasteiger partial charge on any atom is -0.453 e. The maximum Gasteiger partial charge on any atom is 0.156 e. The lowest BCUT2D eigenvalue weighted by Gasteiger charge is -2.18. The number of hydrogen-bond donors (Lipinski definition) is 0. The molecule has 0 fully saturated rings. The zero-order valence-electron chi connectivity index (χ0n) is 12.1. The molecule has 0 saturated carbocycles. The van der Waals surface area contributed by atoms with Gasteiger partial charge < -0.3 is 9.47 Å². The maximum atomic E-state index is 6.22. The van der Waals surface area contributed by atoms with Crippen molar-refractivity contribution in [1.29, 1.82) is 0 Å². The van der Waals surface area contributed by atoms with E-state index in [1.807, 2.05) is 30.3 Å². The first-order valence-electron chi connectivity index (χ1n) is 7.23. The Morgan fingerprint density at radius 3 is 2.25 bits per heavy atom. The van der Waals surface area contributed by atoms with Crippen LogP contribution in [0, 0.1) is 0 Å². The van der Waals surface area contributed by atoms with Crippen LogP contribution in [0.5, 0.6) is 23.0 Å². The van der Waals surface area contributed by atoms with Crippen molar-refractivity contribution in [3.63, 3.8) is 0 Å². The van der Waals surface area contributed by atoms with E-state index in [1.165, 1.54) is 0 Å². The van der Waals surface area contributed by atoms with Crippen molar-refractivity contribution in [2.24, 2.45) is 9.98 Å². The Morgan fingerprint density at radius 2 is 1.42 bits per heavy atom. The number of para-hydroxylation sites is 2. The van der Waals surface area contributed by atoms with Gasteiger partial charge in [-0.2, -0.15) is 0 Å². The molecule has 2 aliphatic rings. The Labute approximate surface area is 146 Å². The van der Waals surface area contributed by atoms with Gasteiger partial charge in [0.15, 0.2) is 23.0 Å². The second-order valence-electron chi connectivity index (χ2n) is 5.42. The molecule has 6 heteroatoms. The Bertz CT molecular complexity index is 1140. The molecule has 0 radical (unpaired) electrons. The molecule has 0 saturated heterocycles. The van der Waals surface area contributed by atoms with Gasteiger partial charge in [0.2, 0.25) is 0 Å². The summed E-state index contributed by atoms with van der Waals surface area (Å²) in [7, 11) is 0. The first-order chi connectivity index (χ1) is 11.7. The first-order valence-corrected chi connectivity index (χ1v) is 7.98. The third-order valence-corrected chi connectivity index (χ3v) is 4.32. The van der Waals surface area contributed by atoms with E-state index in [0.717, 1.165) is 5.69 Å². The van der Waals surface area contributed by atoms with Gasteiger partial charge in [-0.3, -0.25) is 0 Å². The van der Waals surface area contributed by atoms with Crippen LogP contribution in [0.3, 0.4) is 0 Å². The lowest BCUT2D eigenvalue weighted by atomic mass is 10.2. The van der Waals surface area contributed by atoms with Crippen LogP contribution in [0.25, 0.3) is 0 Å². The summed E-state index contributed by atoms with van der Waals surface area (Å²) in [5.41, 5.74) is 1.34. The minimum absolute atomic E-state index is 0.442. The highest BCUT2D eigenvalue weighted by Crippen LogP contribution is 2.42. The van der Waals surface area contributed by atoms with Crippen molar-refractivity contribution < 1.29 is 9.47 Å². The summed E-state index contributed by atoms with van der Waals surface area (Å²) in [6.07, 6.45) is 0. The van der Waals surface area contributed by atoms with Crippen molar-refractivity contribution >= 4 is 34.6 Å². The van der Waals surface area contributed by atoms with E-state index in [9.17, 15) is 0 Å². The largest absolute Gasteiger partial charge is 0.453 e. The van der Waals surface area contributed by atoms with Crippen molar-refractivity contribution in [2.75, 3.05) is 0 Å². The fourth-order valence-electron chi connectivity index (χ4n) is 2.73. The van der Waals surface area contributed by atoms with Gasteiger partial charge in [0.1, 0.15) is 22.1 Å². The highest BCUT2D eigenvalue weighted by Gasteiger charge is 2.20. The van der Waals surface area contributed by atoms with Crippen LogP contribution >= 0.6 is 23.2 Å². The number of ether oxygens (including phenoxy) is 2. The maximum absolute atomic E-state index is 6.22. The summed E-state index contributed by atoms with van der Waals surface area (Å²) < 4.78 is 11.8. The minimum atomic E-state index is 0.442. The molecule has 0 aromatic heterocycles. The zero-order valence-corrected chi connectivity index (χ0v) is 13.6. The molecule has 4 nitrogen and oxygen atoms in total. The van der Waals surface area contributed by atoms with Crippen LogP contribution in [-0.4, -0.2) is 0 Å². The first kappa shape index (κ1) is 13.8. The van der Waals surface area contributed by atoms with Gasteiger partial charge in [-0.1, -0.05) is 35.3 Å². The highest BCUT2D eigenvalue weighted by molar-refractivity contribution is 6.36. The van der Waals surface area contributed by atoms with E-state index in [2.05, 4.69) is 9.98 Å². The summed E-state index contributed by atoms with van der Waals surface area (Å²) in [5, 5.41) is 2.27. The van der Waals surface area contributed by atoms with Crippen molar-refractivity contribution in [2.45, 2.75) is 0 Å². The van der Waals surface area contributed by atoms with Gasteiger partial charge in [-0.25, -0.2) is 9.98 Å². The molecule has 0 spiro atoms. The lowest BCUT2D eigenvalue weighted by Crippen LogP contribution is -2.18. The molecule has 116 valence electrons. The summed E-state index contributed by atoms with van der Waals surface area (Å²) >= 11 is 12.3. The van der Waals surface area contributed by atoms with E-state index >= 15 is 0 Å². The van der Waals surface area contributed by atoms with E-state index in [-0.39, 0.29) is 0 Å². The molecular formula is C18H8Cl2N2O2. The van der Waals surface area contributed by atoms with Crippen molar-refractivity contribution in [3.8, 4) is 23.0 Å². The van der Waals surface area contributed by atoms with Gasteiger partial charge in [0.25, 0.3) is 0 Å². The van der Waals surface area contributed by atoms with Gasteiger partial charge in [0, 0.05) is 23.2 Å². The molecular weight excluding hydrogens is 347 g/mol.